The zero-order valence-corrected chi connectivity index (χ0v) is 10.1. The molecular formula is C12H20N2O2. The van der Waals surface area contributed by atoms with Crippen molar-refractivity contribution in [2.24, 2.45) is 0 Å². The smallest absolute Gasteiger partial charge is 0.138 e. The molecule has 0 aromatic heterocycles. The van der Waals surface area contributed by atoms with E-state index in [9.17, 15) is 5.11 Å². The first-order chi connectivity index (χ1) is 7.67. The average molecular weight is 224 g/mol. The Kier molecular flexibility index (Phi) is 4.92. The second-order valence-corrected chi connectivity index (χ2v) is 3.82. The van der Waals surface area contributed by atoms with Crippen molar-refractivity contribution in [3.05, 3.63) is 18.2 Å². The molecule has 0 fully saturated rings. The van der Waals surface area contributed by atoms with E-state index in [1.54, 1.807) is 25.3 Å². The third-order valence-corrected chi connectivity index (χ3v) is 2.43. The van der Waals surface area contributed by atoms with E-state index >= 15 is 0 Å². The largest absolute Gasteiger partial charge is 0.506 e. The van der Waals surface area contributed by atoms with E-state index in [0.29, 0.717) is 11.7 Å². The van der Waals surface area contributed by atoms with Crippen LogP contribution in [0.5, 0.6) is 11.5 Å². The molecular weight excluding hydrogens is 204 g/mol. The van der Waals surface area contributed by atoms with Gasteiger partial charge in [-0.15, -0.1) is 0 Å². The Hall–Kier alpha value is -1.42. The first kappa shape index (κ1) is 12.6. The lowest BCUT2D eigenvalue weighted by molar-refractivity contribution is 0.412. The first-order valence-electron chi connectivity index (χ1n) is 5.45. The molecule has 0 saturated heterocycles. The van der Waals surface area contributed by atoms with Gasteiger partial charge in [0.05, 0.1) is 12.8 Å². The lowest BCUT2D eigenvalue weighted by Crippen LogP contribution is -2.21. The van der Waals surface area contributed by atoms with Gasteiger partial charge in [0.1, 0.15) is 11.5 Å². The van der Waals surface area contributed by atoms with Crippen LogP contribution in [0.2, 0.25) is 0 Å². The van der Waals surface area contributed by atoms with Crippen molar-refractivity contribution < 1.29 is 9.84 Å². The van der Waals surface area contributed by atoms with Crippen LogP contribution in [0.4, 0.5) is 5.69 Å². The summed E-state index contributed by atoms with van der Waals surface area (Å²) in [5, 5.41) is 16.0. The molecule has 1 aromatic carbocycles. The molecule has 0 aliphatic carbocycles. The fourth-order valence-corrected chi connectivity index (χ4v) is 1.46. The van der Waals surface area contributed by atoms with Crippen molar-refractivity contribution >= 4 is 5.69 Å². The fourth-order valence-electron chi connectivity index (χ4n) is 1.46. The summed E-state index contributed by atoms with van der Waals surface area (Å²) in [6, 6.07) is 5.46. The van der Waals surface area contributed by atoms with Crippen molar-refractivity contribution in [1.29, 1.82) is 0 Å². The lowest BCUT2D eigenvalue weighted by Gasteiger charge is -2.16. The normalized spacial score (nSPS) is 12.2. The SMILES string of the molecule is CNCCC(C)Nc1cc(OC)ccc1O. The maximum absolute atomic E-state index is 9.67. The molecule has 0 radical (unpaired) electrons. The standard InChI is InChI=1S/C12H20N2O2/c1-9(6-7-13-2)14-11-8-10(16-3)4-5-12(11)15/h4-5,8-9,13-15H,6-7H2,1-3H3. The molecule has 0 spiro atoms. The summed E-state index contributed by atoms with van der Waals surface area (Å²) in [6.07, 6.45) is 0.993. The quantitative estimate of drug-likeness (QED) is 0.645. The number of anilines is 1. The van der Waals surface area contributed by atoms with Gasteiger partial charge in [-0.3, -0.25) is 0 Å². The van der Waals surface area contributed by atoms with Gasteiger partial charge >= 0.3 is 0 Å². The number of phenolic OH excluding ortho intramolecular Hbond substituents is 1. The Balaban J connectivity index is 2.64. The minimum Gasteiger partial charge on any atom is -0.506 e. The molecule has 0 amide bonds. The number of aromatic hydroxyl groups is 1. The monoisotopic (exact) mass is 224 g/mol. The lowest BCUT2D eigenvalue weighted by atomic mass is 10.2. The number of hydrogen-bond donors (Lipinski definition) is 3. The van der Waals surface area contributed by atoms with Gasteiger partial charge in [0.25, 0.3) is 0 Å². The number of hydrogen-bond acceptors (Lipinski definition) is 4. The number of phenols is 1. The molecule has 1 rings (SSSR count). The molecule has 1 aromatic rings. The van der Waals surface area contributed by atoms with Gasteiger partial charge < -0.3 is 20.5 Å². The van der Waals surface area contributed by atoms with Crippen molar-refractivity contribution in [2.45, 2.75) is 19.4 Å². The molecule has 4 nitrogen and oxygen atoms in total. The van der Waals surface area contributed by atoms with E-state index in [2.05, 4.69) is 17.6 Å². The highest BCUT2D eigenvalue weighted by Gasteiger charge is 2.06. The second-order valence-electron chi connectivity index (χ2n) is 3.82. The minimum atomic E-state index is 0.247. The number of rotatable bonds is 6. The van der Waals surface area contributed by atoms with Crippen LogP contribution in [0.1, 0.15) is 13.3 Å². The van der Waals surface area contributed by atoms with Crippen molar-refractivity contribution in [3.63, 3.8) is 0 Å². The van der Waals surface area contributed by atoms with E-state index in [1.807, 2.05) is 7.05 Å². The highest BCUT2D eigenvalue weighted by atomic mass is 16.5. The zero-order chi connectivity index (χ0) is 12.0. The van der Waals surface area contributed by atoms with Crippen molar-refractivity contribution in [1.82, 2.24) is 5.32 Å². The van der Waals surface area contributed by atoms with Gasteiger partial charge in [-0.05, 0) is 39.1 Å². The maximum Gasteiger partial charge on any atom is 0.138 e. The molecule has 0 aliphatic heterocycles. The molecule has 0 saturated carbocycles. The maximum atomic E-state index is 9.67. The van der Waals surface area contributed by atoms with Crippen LogP contribution in [0, 0.1) is 0 Å². The third kappa shape index (κ3) is 3.62. The molecule has 16 heavy (non-hydrogen) atoms. The molecule has 1 atom stereocenters. The summed E-state index contributed by atoms with van der Waals surface area (Å²) in [7, 11) is 3.54. The van der Waals surface area contributed by atoms with E-state index in [0.717, 1.165) is 18.7 Å². The van der Waals surface area contributed by atoms with Crippen LogP contribution >= 0.6 is 0 Å². The third-order valence-electron chi connectivity index (χ3n) is 2.43. The molecule has 0 bridgehead atoms. The topological polar surface area (TPSA) is 53.5 Å². The zero-order valence-electron chi connectivity index (χ0n) is 10.1. The number of nitrogens with one attached hydrogen (secondary N) is 2. The first-order valence-corrected chi connectivity index (χ1v) is 5.45. The Morgan fingerprint density at radius 1 is 1.44 bits per heavy atom. The van der Waals surface area contributed by atoms with Crippen LogP contribution in [0.15, 0.2) is 18.2 Å². The van der Waals surface area contributed by atoms with E-state index in [4.69, 9.17) is 4.74 Å². The Morgan fingerprint density at radius 3 is 2.81 bits per heavy atom. The molecule has 90 valence electrons. The van der Waals surface area contributed by atoms with Crippen LogP contribution in [0.3, 0.4) is 0 Å². The Labute approximate surface area is 96.6 Å². The predicted molar refractivity (Wildman–Crippen MR) is 66.3 cm³/mol. The molecule has 0 aliphatic rings. The van der Waals surface area contributed by atoms with Crippen molar-refractivity contribution in [2.75, 3.05) is 26.0 Å². The highest BCUT2D eigenvalue weighted by Crippen LogP contribution is 2.28. The van der Waals surface area contributed by atoms with Gasteiger partial charge in [0.15, 0.2) is 0 Å². The fraction of sp³-hybridized carbons (Fsp3) is 0.500. The average Bonchev–Trinajstić information content (AvgIpc) is 2.29. The van der Waals surface area contributed by atoms with Gasteiger partial charge in [-0.25, -0.2) is 0 Å². The van der Waals surface area contributed by atoms with Gasteiger partial charge in [0.2, 0.25) is 0 Å². The molecule has 3 N–H and O–H groups in total. The Morgan fingerprint density at radius 2 is 2.19 bits per heavy atom. The number of benzene rings is 1. The number of methoxy groups -OCH3 is 1. The van der Waals surface area contributed by atoms with E-state index in [-0.39, 0.29) is 5.75 Å². The van der Waals surface area contributed by atoms with Gasteiger partial charge in [-0.2, -0.15) is 0 Å². The van der Waals surface area contributed by atoms with Crippen LogP contribution in [-0.2, 0) is 0 Å². The second kappa shape index (κ2) is 6.23. The summed E-state index contributed by atoms with van der Waals surface area (Å²) in [5.41, 5.74) is 0.711. The van der Waals surface area contributed by atoms with Crippen molar-refractivity contribution in [3.8, 4) is 11.5 Å². The summed E-state index contributed by atoms with van der Waals surface area (Å²) in [6.45, 7) is 3.02. The molecule has 4 heteroatoms. The van der Waals surface area contributed by atoms with Crippen LogP contribution < -0.4 is 15.4 Å². The number of ether oxygens (including phenoxy) is 1. The van der Waals surface area contributed by atoms with E-state index < -0.39 is 0 Å². The van der Waals surface area contributed by atoms with Gasteiger partial charge in [0, 0.05) is 12.1 Å². The molecule has 1 unspecified atom stereocenters. The van der Waals surface area contributed by atoms with Crippen LogP contribution in [-0.4, -0.2) is 31.9 Å². The van der Waals surface area contributed by atoms with Gasteiger partial charge in [-0.1, -0.05) is 0 Å². The highest BCUT2D eigenvalue weighted by molar-refractivity contribution is 5.59. The minimum absolute atomic E-state index is 0.247. The molecule has 0 heterocycles. The summed E-state index contributed by atoms with van der Waals surface area (Å²) in [4.78, 5) is 0. The van der Waals surface area contributed by atoms with Crippen LogP contribution in [0.25, 0.3) is 0 Å². The van der Waals surface area contributed by atoms with E-state index in [1.165, 1.54) is 0 Å². The Bertz CT molecular complexity index is 329. The summed E-state index contributed by atoms with van der Waals surface area (Å²) >= 11 is 0. The predicted octanol–water partition coefficient (Wildman–Crippen LogP) is 1.81. The summed E-state index contributed by atoms with van der Waals surface area (Å²) < 4.78 is 5.11. The summed E-state index contributed by atoms with van der Waals surface area (Å²) in [5.74, 6) is 0.984.